The standard InChI is InChI=1S/C7H15ClOS/c1-6(8)5-10(9)7(2,3)4/h6H,5H2,1-4H3. The summed E-state index contributed by atoms with van der Waals surface area (Å²) in [7, 11) is -0.799. The minimum atomic E-state index is -0.799. The zero-order valence-electron chi connectivity index (χ0n) is 6.98. The molecular weight excluding hydrogens is 168 g/mol. The lowest BCUT2D eigenvalue weighted by atomic mass is 10.3. The molecule has 0 aromatic carbocycles. The van der Waals surface area contributed by atoms with Crippen molar-refractivity contribution in [3.63, 3.8) is 0 Å². The SMILES string of the molecule is CC(Cl)CS(=O)C(C)(C)C. The van der Waals surface area contributed by atoms with E-state index in [1.54, 1.807) is 0 Å². The van der Waals surface area contributed by atoms with Gasteiger partial charge in [0.2, 0.25) is 0 Å². The molecule has 62 valence electrons. The van der Waals surface area contributed by atoms with Crippen molar-refractivity contribution in [2.45, 2.75) is 37.8 Å². The van der Waals surface area contributed by atoms with E-state index in [1.807, 2.05) is 27.7 Å². The van der Waals surface area contributed by atoms with Crippen LogP contribution in [0.15, 0.2) is 0 Å². The van der Waals surface area contributed by atoms with Gasteiger partial charge in [0.15, 0.2) is 0 Å². The van der Waals surface area contributed by atoms with E-state index in [-0.39, 0.29) is 10.1 Å². The fourth-order valence-electron chi connectivity index (χ4n) is 0.459. The van der Waals surface area contributed by atoms with E-state index in [2.05, 4.69) is 0 Å². The van der Waals surface area contributed by atoms with Crippen LogP contribution < -0.4 is 0 Å². The number of rotatable bonds is 2. The summed E-state index contributed by atoms with van der Waals surface area (Å²) in [5.74, 6) is 0.588. The summed E-state index contributed by atoms with van der Waals surface area (Å²) in [5.41, 5.74) is 0. The van der Waals surface area contributed by atoms with Gasteiger partial charge in [0, 0.05) is 26.7 Å². The van der Waals surface area contributed by atoms with Crippen LogP contribution in [0.25, 0.3) is 0 Å². The van der Waals surface area contributed by atoms with Gasteiger partial charge in [0.25, 0.3) is 0 Å². The topological polar surface area (TPSA) is 17.1 Å². The molecule has 0 aromatic heterocycles. The lowest BCUT2D eigenvalue weighted by molar-refractivity contribution is 0.647. The Bertz CT molecular complexity index is 126. The van der Waals surface area contributed by atoms with Crippen LogP contribution in [0, 0.1) is 0 Å². The molecule has 0 radical (unpaired) electrons. The largest absolute Gasteiger partial charge is 0.259 e. The van der Waals surface area contributed by atoms with Crippen molar-refractivity contribution in [3.05, 3.63) is 0 Å². The van der Waals surface area contributed by atoms with Gasteiger partial charge >= 0.3 is 0 Å². The predicted octanol–water partition coefficient (Wildman–Crippen LogP) is 2.16. The van der Waals surface area contributed by atoms with Crippen molar-refractivity contribution in [2.75, 3.05) is 5.75 Å². The highest BCUT2D eigenvalue weighted by atomic mass is 35.5. The Morgan fingerprint density at radius 3 is 2.00 bits per heavy atom. The molecule has 0 spiro atoms. The number of hydrogen-bond donors (Lipinski definition) is 0. The first-order chi connectivity index (χ1) is 4.34. The van der Waals surface area contributed by atoms with Gasteiger partial charge in [0.05, 0.1) is 0 Å². The first-order valence-corrected chi connectivity index (χ1v) is 5.12. The molecule has 0 aliphatic heterocycles. The maximum atomic E-state index is 11.3. The Hall–Kier alpha value is 0.440. The summed E-state index contributed by atoms with van der Waals surface area (Å²) in [6, 6.07) is 0. The fraction of sp³-hybridized carbons (Fsp3) is 1.00. The number of alkyl halides is 1. The van der Waals surface area contributed by atoms with Crippen molar-refractivity contribution < 1.29 is 4.21 Å². The minimum Gasteiger partial charge on any atom is -0.259 e. The Morgan fingerprint density at radius 2 is 1.90 bits per heavy atom. The summed E-state index contributed by atoms with van der Waals surface area (Å²) in [5, 5.41) is 0.0139. The molecule has 0 heterocycles. The van der Waals surface area contributed by atoms with Crippen molar-refractivity contribution >= 4 is 22.4 Å². The van der Waals surface area contributed by atoms with Gasteiger partial charge in [-0.2, -0.15) is 0 Å². The minimum absolute atomic E-state index is 0.0139. The lowest BCUT2D eigenvalue weighted by Gasteiger charge is -2.18. The Morgan fingerprint density at radius 1 is 1.50 bits per heavy atom. The van der Waals surface area contributed by atoms with Crippen molar-refractivity contribution in [1.82, 2.24) is 0 Å². The number of halogens is 1. The van der Waals surface area contributed by atoms with Gasteiger partial charge in [0.1, 0.15) is 0 Å². The van der Waals surface area contributed by atoms with Gasteiger partial charge in [-0.15, -0.1) is 11.6 Å². The molecule has 0 rings (SSSR count). The van der Waals surface area contributed by atoms with Gasteiger partial charge in [-0.3, -0.25) is 4.21 Å². The first-order valence-electron chi connectivity index (χ1n) is 3.36. The van der Waals surface area contributed by atoms with Gasteiger partial charge in [-0.25, -0.2) is 0 Å². The van der Waals surface area contributed by atoms with Crippen molar-refractivity contribution in [3.8, 4) is 0 Å². The molecule has 0 saturated heterocycles. The maximum absolute atomic E-state index is 11.3. The van der Waals surface area contributed by atoms with Crippen LogP contribution in [0.3, 0.4) is 0 Å². The van der Waals surface area contributed by atoms with E-state index in [9.17, 15) is 4.21 Å². The second-order valence-corrected chi connectivity index (χ2v) is 6.40. The molecule has 0 fully saturated rings. The van der Waals surface area contributed by atoms with Gasteiger partial charge in [-0.1, -0.05) is 0 Å². The zero-order valence-corrected chi connectivity index (χ0v) is 8.55. The summed E-state index contributed by atoms with van der Waals surface area (Å²) in [6.07, 6.45) is 0. The third-order valence-corrected chi connectivity index (χ3v) is 3.57. The fourth-order valence-corrected chi connectivity index (χ4v) is 1.72. The third-order valence-electron chi connectivity index (χ3n) is 1.06. The van der Waals surface area contributed by atoms with Crippen LogP contribution in [0.1, 0.15) is 27.7 Å². The average Bonchev–Trinajstić information content (AvgIpc) is 1.60. The van der Waals surface area contributed by atoms with E-state index in [1.165, 1.54) is 0 Å². The molecule has 0 amide bonds. The molecule has 0 saturated carbocycles. The summed E-state index contributed by atoms with van der Waals surface area (Å²) >= 11 is 5.69. The smallest absolute Gasteiger partial charge is 0.0423 e. The highest BCUT2D eigenvalue weighted by molar-refractivity contribution is 7.86. The average molecular weight is 183 g/mol. The van der Waals surface area contributed by atoms with Gasteiger partial charge in [-0.05, 0) is 27.7 Å². The molecule has 0 bridgehead atoms. The van der Waals surface area contributed by atoms with E-state index >= 15 is 0 Å². The predicted molar refractivity (Wildman–Crippen MR) is 48.1 cm³/mol. The van der Waals surface area contributed by atoms with Crippen LogP contribution in [0.2, 0.25) is 0 Å². The third kappa shape index (κ3) is 4.29. The molecular formula is C7H15ClOS. The molecule has 10 heavy (non-hydrogen) atoms. The molecule has 0 aliphatic rings. The maximum Gasteiger partial charge on any atom is 0.0423 e. The second-order valence-electron chi connectivity index (χ2n) is 3.41. The molecule has 3 heteroatoms. The molecule has 0 aromatic rings. The van der Waals surface area contributed by atoms with Crippen molar-refractivity contribution in [1.29, 1.82) is 0 Å². The highest BCUT2D eigenvalue weighted by Crippen LogP contribution is 2.13. The summed E-state index contributed by atoms with van der Waals surface area (Å²) < 4.78 is 11.2. The van der Waals surface area contributed by atoms with Crippen LogP contribution in [-0.4, -0.2) is 20.1 Å². The van der Waals surface area contributed by atoms with E-state index in [0.29, 0.717) is 5.75 Å². The lowest BCUT2D eigenvalue weighted by Crippen LogP contribution is -2.26. The van der Waals surface area contributed by atoms with Gasteiger partial charge < -0.3 is 0 Å². The van der Waals surface area contributed by atoms with Crippen LogP contribution in [-0.2, 0) is 10.8 Å². The van der Waals surface area contributed by atoms with Crippen LogP contribution in [0.5, 0.6) is 0 Å². The molecule has 0 aliphatic carbocycles. The zero-order chi connectivity index (χ0) is 8.36. The van der Waals surface area contributed by atoms with E-state index in [4.69, 9.17) is 11.6 Å². The van der Waals surface area contributed by atoms with Crippen molar-refractivity contribution in [2.24, 2.45) is 0 Å². The highest BCUT2D eigenvalue weighted by Gasteiger charge is 2.20. The summed E-state index contributed by atoms with van der Waals surface area (Å²) in [4.78, 5) is 0. The Balaban J connectivity index is 3.87. The molecule has 2 unspecified atom stereocenters. The quantitative estimate of drug-likeness (QED) is 0.599. The van der Waals surface area contributed by atoms with E-state index in [0.717, 1.165) is 0 Å². The normalized spacial score (nSPS) is 18.5. The Kier molecular flexibility index (Phi) is 3.89. The molecule has 2 atom stereocenters. The number of hydrogen-bond acceptors (Lipinski definition) is 1. The van der Waals surface area contributed by atoms with Crippen LogP contribution in [0.4, 0.5) is 0 Å². The van der Waals surface area contributed by atoms with E-state index < -0.39 is 10.8 Å². The molecule has 1 nitrogen and oxygen atoms in total. The Labute approximate surface area is 70.6 Å². The summed E-state index contributed by atoms with van der Waals surface area (Å²) in [6.45, 7) is 7.75. The molecule has 0 N–H and O–H groups in total. The second kappa shape index (κ2) is 3.72. The first kappa shape index (κ1) is 10.4. The van der Waals surface area contributed by atoms with Crippen LogP contribution >= 0.6 is 11.6 Å². The monoisotopic (exact) mass is 182 g/mol.